The summed E-state index contributed by atoms with van der Waals surface area (Å²) < 4.78 is 6.92. The highest BCUT2D eigenvalue weighted by atomic mass is 16.5. The minimum Gasteiger partial charge on any atom is -0.497 e. The maximum absolute atomic E-state index is 12.9. The Morgan fingerprint density at radius 2 is 1.74 bits per heavy atom. The molecule has 4 aromatic rings. The summed E-state index contributed by atoms with van der Waals surface area (Å²) in [6.45, 7) is 0. The van der Waals surface area contributed by atoms with Gasteiger partial charge in [0.25, 0.3) is 11.8 Å². The average Bonchev–Trinajstić information content (AvgIpc) is 3.29. The molecule has 0 unspecified atom stereocenters. The van der Waals surface area contributed by atoms with Gasteiger partial charge < -0.3 is 4.74 Å². The molecule has 154 valence electrons. The molecule has 0 aliphatic heterocycles. The molecule has 0 atom stereocenters. The second-order valence-corrected chi connectivity index (χ2v) is 6.55. The van der Waals surface area contributed by atoms with Crippen molar-refractivity contribution in [3.63, 3.8) is 0 Å². The molecule has 8 heteroatoms. The minimum atomic E-state index is -0.503. The van der Waals surface area contributed by atoms with Gasteiger partial charge in [0.1, 0.15) is 11.4 Å². The van der Waals surface area contributed by atoms with Crippen molar-refractivity contribution in [1.82, 2.24) is 25.6 Å². The first-order valence-corrected chi connectivity index (χ1v) is 9.46. The van der Waals surface area contributed by atoms with Crippen LogP contribution in [0.1, 0.15) is 20.7 Å². The number of aromatic nitrogens is 3. The molecular weight excluding hydrogens is 394 g/mol. The lowest BCUT2D eigenvalue weighted by Gasteiger charge is -2.08. The Hall–Kier alpha value is -4.46. The third-order valence-corrected chi connectivity index (χ3v) is 4.54. The van der Waals surface area contributed by atoms with Gasteiger partial charge in [0, 0.05) is 24.2 Å². The van der Waals surface area contributed by atoms with E-state index in [1.54, 1.807) is 42.4 Å². The Balaban J connectivity index is 1.65. The molecule has 0 aliphatic carbocycles. The van der Waals surface area contributed by atoms with Crippen LogP contribution in [0.3, 0.4) is 0 Å². The standard InChI is InChI=1S/C23H19N5O3/c1-31-19-11-5-7-16(13-19)21-20(15-28(27-21)18-9-3-2-4-10-18)23(30)26-25-22(29)17-8-6-12-24-14-17/h2-15H,1H3,(H,25,29)(H,26,30). The fraction of sp³-hybridized carbons (Fsp3) is 0.0435. The number of nitrogens with one attached hydrogen (secondary N) is 2. The number of hydrogen-bond donors (Lipinski definition) is 2. The molecule has 0 aliphatic rings. The van der Waals surface area contributed by atoms with Crippen molar-refractivity contribution in [3.05, 3.63) is 96.4 Å². The van der Waals surface area contributed by atoms with E-state index in [9.17, 15) is 9.59 Å². The molecule has 0 spiro atoms. The van der Waals surface area contributed by atoms with Gasteiger partial charge in [-0.3, -0.25) is 25.4 Å². The zero-order valence-corrected chi connectivity index (χ0v) is 16.6. The van der Waals surface area contributed by atoms with Gasteiger partial charge in [-0.1, -0.05) is 30.3 Å². The number of amides is 2. The van der Waals surface area contributed by atoms with Gasteiger partial charge in [0.15, 0.2) is 0 Å². The second kappa shape index (κ2) is 8.91. The SMILES string of the molecule is COc1cccc(-c2nn(-c3ccccc3)cc2C(=O)NNC(=O)c2cccnc2)c1. The maximum Gasteiger partial charge on any atom is 0.273 e. The first kappa shape index (κ1) is 19.8. The molecule has 2 heterocycles. The second-order valence-electron chi connectivity index (χ2n) is 6.55. The Labute approximate surface area is 178 Å². The lowest BCUT2D eigenvalue weighted by atomic mass is 10.1. The number of para-hydroxylation sites is 1. The summed E-state index contributed by atoms with van der Waals surface area (Å²) in [6.07, 6.45) is 4.60. The van der Waals surface area contributed by atoms with Gasteiger partial charge in [-0.15, -0.1) is 0 Å². The number of hydrazine groups is 1. The van der Waals surface area contributed by atoms with Crippen LogP contribution in [0.2, 0.25) is 0 Å². The average molecular weight is 413 g/mol. The van der Waals surface area contributed by atoms with E-state index in [0.717, 1.165) is 5.69 Å². The fourth-order valence-corrected chi connectivity index (χ4v) is 2.99. The number of carbonyl (C=O) groups excluding carboxylic acids is 2. The first-order chi connectivity index (χ1) is 15.2. The number of ether oxygens (including phenoxy) is 1. The third-order valence-electron chi connectivity index (χ3n) is 4.54. The fourth-order valence-electron chi connectivity index (χ4n) is 2.99. The lowest BCUT2D eigenvalue weighted by molar-refractivity contribution is 0.0847. The summed E-state index contributed by atoms with van der Waals surface area (Å²) >= 11 is 0. The summed E-state index contributed by atoms with van der Waals surface area (Å²) in [5, 5.41) is 4.61. The molecule has 31 heavy (non-hydrogen) atoms. The normalized spacial score (nSPS) is 10.4. The van der Waals surface area contributed by atoms with Crippen molar-refractivity contribution < 1.29 is 14.3 Å². The summed E-state index contributed by atoms with van der Waals surface area (Å²) in [5.74, 6) is -0.333. The molecule has 0 saturated carbocycles. The van der Waals surface area contributed by atoms with Crippen LogP contribution >= 0.6 is 0 Å². The van der Waals surface area contributed by atoms with Crippen molar-refractivity contribution in [2.45, 2.75) is 0 Å². The molecule has 8 nitrogen and oxygen atoms in total. The van der Waals surface area contributed by atoms with Crippen LogP contribution in [0.15, 0.2) is 85.3 Å². The van der Waals surface area contributed by atoms with Crippen LogP contribution in [-0.2, 0) is 0 Å². The predicted molar refractivity (Wildman–Crippen MR) is 115 cm³/mol. The van der Waals surface area contributed by atoms with Crippen molar-refractivity contribution in [3.8, 4) is 22.7 Å². The zero-order valence-electron chi connectivity index (χ0n) is 16.6. The summed E-state index contributed by atoms with van der Waals surface area (Å²) in [6, 6.07) is 19.9. The molecule has 0 fully saturated rings. The Morgan fingerprint density at radius 3 is 2.48 bits per heavy atom. The van der Waals surface area contributed by atoms with Crippen LogP contribution in [0.5, 0.6) is 5.75 Å². The van der Waals surface area contributed by atoms with E-state index in [1.807, 2.05) is 48.5 Å². The highest BCUT2D eigenvalue weighted by Gasteiger charge is 2.20. The molecule has 4 rings (SSSR count). The number of benzene rings is 2. The van der Waals surface area contributed by atoms with Gasteiger partial charge in [0.05, 0.1) is 23.9 Å². The number of methoxy groups -OCH3 is 1. The first-order valence-electron chi connectivity index (χ1n) is 9.46. The van der Waals surface area contributed by atoms with Gasteiger partial charge in [-0.2, -0.15) is 5.10 Å². The van der Waals surface area contributed by atoms with Crippen molar-refractivity contribution in [2.75, 3.05) is 7.11 Å². The molecule has 2 aromatic carbocycles. The van der Waals surface area contributed by atoms with Gasteiger partial charge in [-0.05, 0) is 36.4 Å². The minimum absolute atomic E-state index is 0.295. The number of pyridine rings is 1. The predicted octanol–water partition coefficient (Wildman–Crippen LogP) is 3.02. The maximum atomic E-state index is 12.9. The van der Waals surface area contributed by atoms with E-state index in [4.69, 9.17) is 4.74 Å². The lowest BCUT2D eigenvalue weighted by Crippen LogP contribution is -2.41. The van der Waals surface area contributed by atoms with Crippen molar-refractivity contribution >= 4 is 11.8 Å². The molecular formula is C23H19N5O3. The molecule has 0 saturated heterocycles. The largest absolute Gasteiger partial charge is 0.497 e. The Kier molecular flexibility index (Phi) is 5.70. The van der Waals surface area contributed by atoms with Crippen LogP contribution < -0.4 is 15.6 Å². The van der Waals surface area contributed by atoms with Gasteiger partial charge in [-0.25, -0.2) is 4.68 Å². The van der Waals surface area contributed by atoms with Gasteiger partial charge >= 0.3 is 0 Å². The monoisotopic (exact) mass is 413 g/mol. The number of rotatable bonds is 5. The van der Waals surface area contributed by atoms with E-state index < -0.39 is 11.8 Å². The summed E-state index contributed by atoms with van der Waals surface area (Å²) in [7, 11) is 1.57. The van der Waals surface area contributed by atoms with Crippen LogP contribution in [0, 0.1) is 0 Å². The topological polar surface area (TPSA) is 98.1 Å². The van der Waals surface area contributed by atoms with Crippen LogP contribution in [-0.4, -0.2) is 33.7 Å². The Bertz CT molecular complexity index is 1210. The molecule has 0 bridgehead atoms. The smallest absolute Gasteiger partial charge is 0.273 e. The van der Waals surface area contributed by atoms with E-state index >= 15 is 0 Å². The number of carbonyl (C=O) groups is 2. The quantitative estimate of drug-likeness (QED) is 0.490. The third kappa shape index (κ3) is 4.43. The van der Waals surface area contributed by atoms with Crippen LogP contribution in [0.4, 0.5) is 0 Å². The van der Waals surface area contributed by atoms with E-state index in [-0.39, 0.29) is 0 Å². The molecule has 2 amide bonds. The van der Waals surface area contributed by atoms with E-state index in [2.05, 4.69) is 20.9 Å². The van der Waals surface area contributed by atoms with Gasteiger partial charge in [0.2, 0.25) is 0 Å². The summed E-state index contributed by atoms with van der Waals surface area (Å²) in [4.78, 5) is 29.1. The highest BCUT2D eigenvalue weighted by molar-refractivity contribution is 6.02. The van der Waals surface area contributed by atoms with Crippen LogP contribution in [0.25, 0.3) is 16.9 Å². The molecule has 2 N–H and O–H groups in total. The highest BCUT2D eigenvalue weighted by Crippen LogP contribution is 2.26. The number of nitrogens with zero attached hydrogens (tertiary/aromatic N) is 3. The zero-order chi connectivity index (χ0) is 21.6. The van der Waals surface area contributed by atoms with E-state index in [1.165, 1.54) is 6.20 Å². The summed E-state index contributed by atoms with van der Waals surface area (Å²) in [5.41, 5.74) is 7.44. The van der Waals surface area contributed by atoms with E-state index in [0.29, 0.717) is 28.1 Å². The van der Waals surface area contributed by atoms with Crippen molar-refractivity contribution in [2.24, 2.45) is 0 Å². The molecule has 2 aromatic heterocycles. The molecule has 0 radical (unpaired) electrons. The Morgan fingerprint density at radius 1 is 0.935 bits per heavy atom. The van der Waals surface area contributed by atoms with Crippen molar-refractivity contribution in [1.29, 1.82) is 0 Å². The number of hydrogen-bond acceptors (Lipinski definition) is 5.